The normalized spacial score (nSPS) is 10.8. The van der Waals surface area contributed by atoms with E-state index in [2.05, 4.69) is 15.3 Å². The van der Waals surface area contributed by atoms with Crippen LogP contribution < -0.4 is 5.32 Å². The van der Waals surface area contributed by atoms with Crippen LogP contribution in [-0.2, 0) is 6.54 Å². The molecule has 0 saturated heterocycles. The van der Waals surface area contributed by atoms with Gasteiger partial charge in [-0.25, -0.2) is 0 Å². The van der Waals surface area contributed by atoms with E-state index in [1.165, 1.54) is 11.3 Å². The van der Waals surface area contributed by atoms with Gasteiger partial charge in [-0.05, 0) is 23.6 Å². The van der Waals surface area contributed by atoms with Crippen LogP contribution >= 0.6 is 11.3 Å². The summed E-state index contributed by atoms with van der Waals surface area (Å²) in [6, 6.07) is 11.7. The van der Waals surface area contributed by atoms with Crippen LogP contribution in [0.3, 0.4) is 0 Å². The summed E-state index contributed by atoms with van der Waals surface area (Å²) in [6.07, 6.45) is 6.44. The van der Waals surface area contributed by atoms with Crippen LogP contribution in [-0.4, -0.2) is 15.9 Å². The van der Waals surface area contributed by atoms with E-state index >= 15 is 0 Å². The molecule has 0 fully saturated rings. The Labute approximate surface area is 142 Å². The Bertz CT molecular complexity index is 959. The average Bonchev–Trinajstić information content (AvgIpc) is 3.29. The first-order valence-electron chi connectivity index (χ1n) is 7.40. The van der Waals surface area contributed by atoms with E-state index in [4.69, 9.17) is 4.42 Å². The number of carbonyl (C=O) groups is 1. The van der Waals surface area contributed by atoms with Gasteiger partial charge in [0.25, 0.3) is 5.91 Å². The zero-order chi connectivity index (χ0) is 16.4. The number of aromatic nitrogens is 2. The van der Waals surface area contributed by atoms with Gasteiger partial charge in [0.15, 0.2) is 0 Å². The van der Waals surface area contributed by atoms with Gasteiger partial charge < -0.3 is 9.73 Å². The highest BCUT2D eigenvalue weighted by atomic mass is 32.1. The summed E-state index contributed by atoms with van der Waals surface area (Å²) >= 11 is 1.48. The van der Waals surface area contributed by atoms with Crippen molar-refractivity contribution in [2.24, 2.45) is 0 Å². The molecule has 1 N–H and O–H groups in total. The number of benzene rings is 1. The van der Waals surface area contributed by atoms with Gasteiger partial charge in [-0.15, -0.1) is 11.3 Å². The van der Waals surface area contributed by atoms with Crippen molar-refractivity contribution in [3.8, 4) is 11.3 Å². The summed E-state index contributed by atoms with van der Waals surface area (Å²) < 4.78 is 6.20. The van der Waals surface area contributed by atoms with E-state index in [1.54, 1.807) is 24.9 Å². The van der Waals surface area contributed by atoms with Crippen LogP contribution in [0, 0.1) is 0 Å². The number of thiophene rings is 1. The van der Waals surface area contributed by atoms with Crippen LogP contribution in [0.1, 0.15) is 15.4 Å². The lowest BCUT2D eigenvalue weighted by molar-refractivity contribution is 0.0954. The van der Waals surface area contributed by atoms with Crippen molar-refractivity contribution in [1.82, 2.24) is 15.3 Å². The fourth-order valence-corrected chi connectivity index (χ4v) is 3.46. The van der Waals surface area contributed by atoms with Gasteiger partial charge >= 0.3 is 0 Å². The smallest absolute Gasteiger partial charge is 0.261 e. The minimum atomic E-state index is -0.111. The number of nitrogens with one attached hydrogen (secondary N) is 1. The molecule has 5 nitrogen and oxygen atoms in total. The predicted octanol–water partition coefficient (Wildman–Crippen LogP) is 3.88. The molecule has 118 valence electrons. The van der Waals surface area contributed by atoms with Gasteiger partial charge in [-0.1, -0.05) is 18.2 Å². The van der Waals surface area contributed by atoms with E-state index in [0.29, 0.717) is 22.8 Å². The lowest BCUT2D eigenvalue weighted by Crippen LogP contribution is -2.23. The lowest BCUT2D eigenvalue weighted by Gasteiger charge is -2.06. The molecule has 4 rings (SSSR count). The Kier molecular flexibility index (Phi) is 3.80. The molecule has 0 spiro atoms. The van der Waals surface area contributed by atoms with E-state index in [9.17, 15) is 4.79 Å². The van der Waals surface area contributed by atoms with Crippen LogP contribution in [0.5, 0.6) is 0 Å². The number of hydrogen-bond donors (Lipinski definition) is 1. The molecule has 0 aliphatic carbocycles. The third kappa shape index (κ3) is 2.79. The van der Waals surface area contributed by atoms with Gasteiger partial charge in [-0.2, -0.15) is 0 Å². The summed E-state index contributed by atoms with van der Waals surface area (Å²) in [6.45, 7) is 0.307. The highest BCUT2D eigenvalue weighted by Gasteiger charge is 2.13. The van der Waals surface area contributed by atoms with Gasteiger partial charge in [0.2, 0.25) is 0 Å². The second-order valence-electron chi connectivity index (χ2n) is 5.19. The second-order valence-corrected chi connectivity index (χ2v) is 6.28. The van der Waals surface area contributed by atoms with E-state index < -0.39 is 0 Å². The van der Waals surface area contributed by atoms with Crippen LogP contribution in [0.25, 0.3) is 21.3 Å². The molecule has 1 aromatic carbocycles. The third-order valence-electron chi connectivity index (χ3n) is 3.63. The SMILES string of the molecule is O=C(NCc1nccnc1-c1ccoc1)c1cc2ccccc2s1. The molecule has 0 atom stereocenters. The Balaban J connectivity index is 1.54. The molecular weight excluding hydrogens is 322 g/mol. The molecule has 1 amide bonds. The molecule has 24 heavy (non-hydrogen) atoms. The Morgan fingerprint density at radius 2 is 2.04 bits per heavy atom. The van der Waals surface area contributed by atoms with Crippen molar-refractivity contribution in [2.45, 2.75) is 6.54 Å². The van der Waals surface area contributed by atoms with Crippen LogP contribution in [0.2, 0.25) is 0 Å². The maximum Gasteiger partial charge on any atom is 0.261 e. The number of furan rings is 1. The van der Waals surface area contributed by atoms with Gasteiger partial charge in [0, 0.05) is 22.7 Å². The summed E-state index contributed by atoms with van der Waals surface area (Å²) in [4.78, 5) is 21.8. The van der Waals surface area contributed by atoms with Crippen molar-refractivity contribution < 1.29 is 9.21 Å². The van der Waals surface area contributed by atoms with Crippen LogP contribution in [0.15, 0.2) is 65.7 Å². The fraction of sp³-hybridized carbons (Fsp3) is 0.0556. The molecule has 6 heteroatoms. The number of amides is 1. The zero-order valence-corrected chi connectivity index (χ0v) is 13.4. The molecule has 0 unspecified atom stereocenters. The molecule has 0 saturated carbocycles. The molecule has 0 aliphatic rings. The summed E-state index contributed by atoms with van der Waals surface area (Å²) in [5.74, 6) is -0.111. The van der Waals surface area contributed by atoms with Crippen LogP contribution in [0.4, 0.5) is 0 Å². The number of fused-ring (bicyclic) bond motifs is 1. The van der Waals surface area contributed by atoms with Gasteiger partial charge in [0.1, 0.15) is 0 Å². The van der Waals surface area contributed by atoms with Crippen molar-refractivity contribution in [1.29, 1.82) is 0 Å². The minimum absolute atomic E-state index is 0.111. The Morgan fingerprint density at radius 1 is 1.17 bits per heavy atom. The third-order valence-corrected chi connectivity index (χ3v) is 4.75. The minimum Gasteiger partial charge on any atom is -0.472 e. The largest absolute Gasteiger partial charge is 0.472 e. The maximum atomic E-state index is 12.4. The zero-order valence-electron chi connectivity index (χ0n) is 12.6. The van der Waals surface area contributed by atoms with E-state index in [0.717, 1.165) is 15.6 Å². The van der Waals surface area contributed by atoms with Crippen molar-refractivity contribution in [2.75, 3.05) is 0 Å². The Morgan fingerprint density at radius 3 is 2.88 bits per heavy atom. The maximum absolute atomic E-state index is 12.4. The Hall–Kier alpha value is -2.99. The van der Waals surface area contributed by atoms with Gasteiger partial charge in [-0.3, -0.25) is 14.8 Å². The number of nitrogens with zero attached hydrogens (tertiary/aromatic N) is 2. The number of rotatable bonds is 4. The quantitative estimate of drug-likeness (QED) is 0.614. The van der Waals surface area contributed by atoms with Crippen molar-refractivity contribution >= 4 is 27.3 Å². The monoisotopic (exact) mass is 335 g/mol. The molecule has 0 radical (unpaired) electrons. The molecule has 3 heterocycles. The number of hydrogen-bond acceptors (Lipinski definition) is 5. The standard InChI is InChI=1S/C18H13N3O2S/c22-18(16-9-12-3-1-2-4-15(12)24-16)21-10-14-17(20-7-6-19-14)13-5-8-23-11-13/h1-9,11H,10H2,(H,21,22). The van der Waals surface area contributed by atoms with Gasteiger partial charge in [0.05, 0.1) is 35.3 Å². The summed E-state index contributed by atoms with van der Waals surface area (Å²) in [5.41, 5.74) is 2.26. The first kappa shape index (κ1) is 14.6. The first-order chi connectivity index (χ1) is 11.8. The average molecular weight is 335 g/mol. The number of carbonyl (C=O) groups excluding carboxylic acids is 1. The highest BCUT2D eigenvalue weighted by molar-refractivity contribution is 7.20. The van der Waals surface area contributed by atoms with Crippen molar-refractivity contribution in [3.05, 3.63) is 71.9 Å². The first-order valence-corrected chi connectivity index (χ1v) is 8.22. The lowest BCUT2D eigenvalue weighted by atomic mass is 10.2. The summed E-state index contributed by atoms with van der Waals surface area (Å²) in [5, 5.41) is 3.99. The predicted molar refractivity (Wildman–Crippen MR) is 92.7 cm³/mol. The molecule has 0 bridgehead atoms. The van der Waals surface area contributed by atoms with Crippen molar-refractivity contribution in [3.63, 3.8) is 0 Å². The van der Waals surface area contributed by atoms with E-state index in [1.807, 2.05) is 36.4 Å². The van der Waals surface area contributed by atoms with E-state index in [-0.39, 0.29) is 5.91 Å². The molecule has 3 aromatic heterocycles. The summed E-state index contributed by atoms with van der Waals surface area (Å²) in [7, 11) is 0. The topological polar surface area (TPSA) is 68.0 Å². The molecule has 4 aromatic rings. The second kappa shape index (κ2) is 6.25. The fourth-order valence-electron chi connectivity index (χ4n) is 2.48. The molecular formula is C18H13N3O2S. The molecule has 0 aliphatic heterocycles. The highest BCUT2D eigenvalue weighted by Crippen LogP contribution is 2.25.